The molecule has 3 aromatic rings. The predicted octanol–water partition coefficient (Wildman–Crippen LogP) is 6.81. The molecule has 14 heteroatoms. The number of nitrogens with one attached hydrogen (secondary N) is 2. The minimum atomic E-state index is -0.877. The van der Waals surface area contributed by atoms with Gasteiger partial charge in [-0.2, -0.15) is 0 Å². The molecule has 2 atom stereocenters. The number of rotatable bonds is 4. The molecule has 0 saturated carbocycles. The topological polar surface area (TPSA) is 150 Å². The highest BCUT2D eigenvalue weighted by Gasteiger charge is 2.33. The average Bonchev–Trinajstić information content (AvgIpc) is 3.36. The van der Waals surface area contributed by atoms with Gasteiger partial charge in [0.25, 0.3) is 0 Å². The molecule has 2 N–H and O–H groups in total. The van der Waals surface area contributed by atoms with Crippen molar-refractivity contribution in [2.45, 2.75) is 72.7 Å². The number of ether oxygens (including phenoxy) is 5. The van der Waals surface area contributed by atoms with Crippen LogP contribution >= 0.6 is 0 Å². The van der Waals surface area contributed by atoms with Gasteiger partial charge in [0.05, 0.1) is 25.4 Å². The fourth-order valence-corrected chi connectivity index (χ4v) is 5.24. The van der Waals surface area contributed by atoms with E-state index in [1.807, 2.05) is 6.92 Å². The number of hydrogen-bond acceptors (Lipinski definition) is 10. The van der Waals surface area contributed by atoms with E-state index in [0.717, 1.165) is 0 Å². The van der Waals surface area contributed by atoms with Crippen LogP contribution in [0.3, 0.4) is 0 Å². The van der Waals surface area contributed by atoms with E-state index in [1.54, 1.807) is 54.5 Å². The van der Waals surface area contributed by atoms with Gasteiger partial charge in [-0.1, -0.05) is 6.92 Å². The molecule has 1 saturated heterocycles. The summed E-state index contributed by atoms with van der Waals surface area (Å²) in [4.78, 5) is 48.8. The molecule has 2 aliphatic heterocycles. The van der Waals surface area contributed by atoms with Gasteiger partial charge in [-0.25, -0.2) is 28.7 Å². The molecule has 0 unspecified atom stereocenters. The molecule has 13 nitrogen and oxygen atoms in total. The zero-order valence-corrected chi connectivity index (χ0v) is 27.8. The second-order valence-corrected chi connectivity index (χ2v) is 13.5. The summed E-state index contributed by atoms with van der Waals surface area (Å²) in [6, 6.07) is 3.08. The summed E-state index contributed by atoms with van der Waals surface area (Å²) in [6.07, 6.45) is 0.189. The number of amides is 3. The molecule has 0 radical (unpaired) electrons. The van der Waals surface area contributed by atoms with Gasteiger partial charge in [-0.15, -0.1) is 0 Å². The molecule has 2 aliphatic rings. The standard InChI is InChI=1S/C33H40FN5O8/c1-17-15-43-16-23(17)45-29(40)37-24-12-19-11-20(25(34)26(22(19)14-35-24)38-30(41)46-32(3,4)5)21-13-36-28-27(18(21)2)39(9-10-44-28)31(42)47-33(6,7)8/h11-14,17,23H,9-10,15-16H2,1-8H3,(H,38,41)(H,35,37,40)/t17-,23-/m0/s1. The number of aromatic nitrogens is 2. The average molecular weight is 654 g/mol. The second-order valence-electron chi connectivity index (χ2n) is 13.5. The minimum Gasteiger partial charge on any atom is -0.474 e. The Morgan fingerprint density at radius 2 is 1.68 bits per heavy atom. The van der Waals surface area contributed by atoms with E-state index < -0.39 is 41.4 Å². The number of carbonyl (C=O) groups excluding carboxylic acids is 3. The Morgan fingerprint density at radius 3 is 2.34 bits per heavy atom. The molecular weight excluding hydrogens is 613 g/mol. The first-order valence-electron chi connectivity index (χ1n) is 15.3. The van der Waals surface area contributed by atoms with E-state index >= 15 is 4.39 Å². The summed E-state index contributed by atoms with van der Waals surface area (Å²) >= 11 is 0. The van der Waals surface area contributed by atoms with E-state index in [1.165, 1.54) is 23.4 Å². The van der Waals surface area contributed by atoms with Gasteiger partial charge < -0.3 is 23.7 Å². The number of pyridine rings is 2. The zero-order valence-electron chi connectivity index (χ0n) is 27.8. The fourth-order valence-electron chi connectivity index (χ4n) is 5.24. The Balaban J connectivity index is 1.59. The number of benzene rings is 1. The molecule has 0 aliphatic carbocycles. The molecule has 2 aromatic heterocycles. The lowest BCUT2D eigenvalue weighted by molar-refractivity contribution is 0.0564. The van der Waals surface area contributed by atoms with Crippen LogP contribution in [0.5, 0.6) is 5.88 Å². The smallest absolute Gasteiger partial charge is 0.415 e. The van der Waals surface area contributed by atoms with Crippen molar-refractivity contribution < 1.29 is 42.5 Å². The highest BCUT2D eigenvalue weighted by molar-refractivity contribution is 6.05. The molecular formula is C33H40FN5O8. The molecule has 5 rings (SSSR count). The molecule has 4 heterocycles. The Morgan fingerprint density at radius 1 is 0.957 bits per heavy atom. The number of nitrogens with zero attached hydrogens (tertiary/aromatic N) is 3. The van der Waals surface area contributed by atoms with Crippen molar-refractivity contribution in [3.05, 3.63) is 35.9 Å². The Kier molecular flexibility index (Phi) is 9.18. The Labute approximate surface area is 272 Å². The van der Waals surface area contributed by atoms with Crippen LogP contribution in [0.1, 0.15) is 54.0 Å². The largest absolute Gasteiger partial charge is 0.474 e. The van der Waals surface area contributed by atoms with Crippen molar-refractivity contribution >= 4 is 46.2 Å². The van der Waals surface area contributed by atoms with Gasteiger partial charge in [-0.05, 0) is 71.5 Å². The summed E-state index contributed by atoms with van der Waals surface area (Å²) in [6.45, 7) is 15.2. The summed E-state index contributed by atoms with van der Waals surface area (Å²) in [5.74, 6) is -0.402. The van der Waals surface area contributed by atoms with Crippen molar-refractivity contribution in [1.29, 1.82) is 0 Å². The summed E-state index contributed by atoms with van der Waals surface area (Å²) in [7, 11) is 0. The normalized spacial score (nSPS) is 17.9. The van der Waals surface area contributed by atoms with Crippen molar-refractivity contribution in [1.82, 2.24) is 9.97 Å². The first-order chi connectivity index (χ1) is 22.0. The Hall–Kier alpha value is -4.72. The summed E-state index contributed by atoms with van der Waals surface area (Å²) in [5.41, 5.74) is -0.576. The van der Waals surface area contributed by atoms with Crippen molar-refractivity contribution in [2.75, 3.05) is 41.9 Å². The van der Waals surface area contributed by atoms with Crippen molar-refractivity contribution in [3.8, 4) is 17.0 Å². The van der Waals surface area contributed by atoms with Gasteiger partial charge in [0, 0.05) is 34.8 Å². The minimum absolute atomic E-state index is 0.0439. The maximum atomic E-state index is 16.6. The second kappa shape index (κ2) is 12.8. The monoisotopic (exact) mass is 653 g/mol. The zero-order chi connectivity index (χ0) is 34.3. The number of hydrogen-bond donors (Lipinski definition) is 2. The highest BCUT2D eigenvalue weighted by atomic mass is 19.1. The van der Waals surface area contributed by atoms with Crippen LogP contribution in [0, 0.1) is 18.7 Å². The van der Waals surface area contributed by atoms with E-state index in [-0.39, 0.29) is 47.4 Å². The lowest BCUT2D eigenvalue weighted by Gasteiger charge is -2.32. The van der Waals surface area contributed by atoms with Gasteiger partial charge in [0.1, 0.15) is 35.4 Å². The van der Waals surface area contributed by atoms with E-state index in [4.69, 9.17) is 23.7 Å². The van der Waals surface area contributed by atoms with Crippen LogP contribution in [-0.2, 0) is 18.9 Å². The van der Waals surface area contributed by atoms with Gasteiger partial charge in [0.2, 0.25) is 5.88 Å². The maximum absolute atomic E-state index is 16.6. The van der Waals surface area contributed by atoms with E-state index in [0.29, 0.717) is 35.4 Å². The molecule has 1 fully saturated rings. The molecule has 1 aromatic carbocycles. The SMILES string of the molecule is Cc1c(-c2cc3cc(NC(=O)O[C@H]4COC[C@@H]4C)ncc3c(NC(=O)OC(C)(C)C)c2F)cnc2c1N(C(=O)OC(C)(C)C)CCO2. The lowest BCUT2D eigenvalue weighted by atomic mass is 9.96. The number of fused-ring (bicyclic) bond motifs is 2. The van der Waals surface area contributed by atoms with Crippen molar-refractivity contribution in [3.63, 3.8) is 0 Å². The molecule has 0 spiro atoms. The lowest BCUT2D eigenvalue weighted by Crippen LogP contribution is -2.42. The first kappa shape index (κ1) is 33.6. The fraction of sp³-hybridized carbons (Fsp3) is 0.485. The van der Waals surface area contributed by atoms with Crippen LogP contribution in [-0.4, -0.2) is 71.9 Å². The number of halogens is 1. The third kappa shape index (κ3) is 7.64. The molecule has 3 amide bonds. The van der Waals surface area contributed by atoms with Crippen LogP contribution in [0.2, 0.25) is 0 Å². The molecule has 0 bridgehead atoms. The van der Waals surface area contributed by atoms with Gasteiger partial charge >= 0.3 is 18.3 Å². The maximum Gasteiger partial charge on any atom is 0.415 e. The van der Waals surface area contributed by atoms with Crippen molar-refractivity contribution in [2.24, 2.45) is 5.92 Å². The summed E-state index contributed by atoms with van der Waals surface area (Å²) in [5, 5.41) is 5.82. The number of anilines is 3. The van der Waals surface area contributed by atoms with Gasteiger partial charge in [0.15, 0.2) is 5.82 Å². The molecule has 47 heavy (non-hydrogen) atoms. The van der Waals surface area contributed by atoms with Crippen LogP contribution in [0.15, 0.2) is 24.5 Å². The summed E-state index contributed by atoms with van der Waals surface area (Å²) < 4.78 is 44.2. The van der Waals surface area contributed by atoms with Crippen LogP contribution < -0.4 is 20.3 Å². The van der Waals surface area contributed by atoms with E-state index in [2.05, 4.69) is 20.6 Å². The van der Waals surface area contributed by atoms with Gasteiger partial charge in [-0.3, -0.25) is 15.5 Å². The first-order valence-corrected chi connectivity index (χ1v) is 15.3. The third-order valence-electron chi connectivity index (χ3n) is 7.37. The highest BCUT2D eigenvalue weighted by Crippen LogP contribution is 2.42. The quantitative estimate of drug-likeness (QED) is 0.288. The Bertz CT molecular complexity index is 1720. The van der Waals surface area contributed by atoms with Crippen LogP contribution in [0.25, 0.3) is 21.9 Å². The number of carbonyl (C=O) groups is 3. The van der Waals surface area contributed by atoms with E-state index in [9.17, 15) is 14.4 Å². The molecule has 252 valence electrons. The third-order valence-corrected chi connectivity index (χ3v) is 7.37. The van der Waals surface area contributed by atoms with Crippen LogP contribution in [0.4, 0.5) is 36.0 Å². The predicted molar refractivity (Wildman–Crippen MR) is 172 cm³/mol.